The van der Waals surface area contributed by atoms with Gasteiger partial charge in [0.15, 0.2) is 9.84 Å². The standard InChI is InChI=1S/C23H30N2O4S/c1-17(2)21(25-22(26)20-12-10-18(3)11-13-20)23(27)24-14-7-15-30(28,29)16-19-8-5-4-6-9-19/h4-6,8-13,17,21H,7,14-16H2,1-3H3,(H,24,27)(H,25,26). The van der Waals surface area contributed by atoms with Crippen molar-refractivity contribution in [2.45, 2.75) is 39.0 Å². The summed E-state index contributed by atoms with van der Waals surface area (Å²) in [5.41, 5.74) is 2.29. The van der Waals surface area contributed by atoms with Gasteiger partial charge in [-0.25, -0.2) is 8.42 Å². The molecule has 0 aliphatic rings. The average Bonchev–Trinajstić information content (AvgIpc) is 2.69. The predicted octanol–water partition coefficient (Wildman–Crippen LogP) is 2.87. The maximum absolute atomic E-state index is 12.5. The Morgan fingerprint density at radius 1 is 0.967 bits per heavy atom. The first-order valence-corrected chi connectivity index (χ1v) is 11.9. The summed E-state index contributed by atoms with van der Waals surface area (Å²) in [6.45, 7) is 5.87. The molecule has 6 nitrogen and oxygen atoms in total. The van der Waals surface area contributed by atoms with Crippen molar-refractivity contribution < 1.29 is 18.0 Å². The zero-order valence-electron chi connectivity index (χ0n) is 17.7. The third kappa shape index (κ3) is 7.63. The number of aryl methyl sites for hydroxylation is 1. The molecule has 2 aromatic carbocycles. The van der Waals surface area contributed by atoms with Gasteiger partial charge in [0, 0.05) is 12.1 Å². The Bertz CT molecular complexity index is 939. The Labute approximate surface area is 179 Å². The van der Waals surface area contributed by atoms with E-state index in [0.717, 1.165) is 11.1 Å². The third-order valence-electron chi connectivity index (χ3n) is 4.71. The van der Waals surface area contributed by atoms with E-state index in [1.54, 1.807) is 24.3 Å². The highest BCUT2D eigenvalue weighted by Gasteiger charge is 2.24. The minimum Gasteiger partial charge on any atom is -0.354 e. The molecular formula is C23H30N2O4S. The quantitative estimate of drug-likeness (QED) is 0.567. The topological polar surface area (TPSA) is 92.3 Å². The van der Waals surface area contributed by atoms with Crippen molar-refractivity contribution in [2.24, 2.45) is 5.92 Å². The number of amides is 2. The van der Waals surface area contributed by atoms with E-state index in [0.29, 0.717) is 12.0 Å². The molecule has 0 aromatic heterocycles. The molecule has 0 aliphatic carbocycles. The van der Waals surface area contributed by atoms with Crippen LogP contribution in [0.5, 0.6) is 0 Å². The van der Waals surface area contributed by atoms with E-state index in [1.807, 2.05) is 51.1 Å². The lowest BCUT2D eigenvalue weighted by atomic mass is 10.0. The zero-order valence-corrected chi connectivity index (χ0v) is 18.5. The summed E-state index contributed by atoms with van der Waals surface area (Å²) in [5, 5.41) is 5.52. The van der Waals surface area contributed by atoms with Crippen LogP contribution in [0.4, 0.5) is 0 Å². The fourth-order valence-electron chi connectivity index (χ4n) is 2.98. The molecule has 2 rings (SSSR count). The first-order valence-electron chi connectivity index (χ1n) is 10.1. The molecule has 0 bridgehead atoms. The Morgan fingerprint density at radius 2 is 1.60 bits per heavy atom. The number of carbonyl (C=O) groups excluding carboxylic acids is 2. The number of nitrogens with one attached hydrogen (secondary N) is 2. The molecule has 2 N–H and O–H groups in total. The SMILES string of the molecule is Cc1ccc(C(=O)NC(C(=O)NCCCS(=O)(=O)Cc2ccccc2)C(C)C)cc1. The summed E-state index contributed by atoms with van der Waals surface area (Å²) in [6, 6.07) is 15.4. The van der Waals surface area contributed by atoms with E-state index in [-0.39, 0.29) is 35.8 Å². The maximum Gasteiger partial charge on any atom is 0.251 e. The smallest absolute Gasteiger partial charge is 0.251 e. The number of sulfone groups is 1. The van der Waals surface area contributed by atoms with E-state index in [2.05, 4.69) is 10.6 Å². The van der Waals surface area contributed by atoms with Gasteiger partial charge >= 0.3 is 0 Å². The van der Waals surface area contributed by atoms with Gasteiger partial charge in [-0.2, -0.15) is 0 Å². The van der Waals surface area contributed by atoms with Gasteiger partial charge in [-0.3, -0.25) is 9.59 Å². The van der Waals surface area contributed by atoms with E-state index in [9.17, 15) is 18.0 Å². The summed E-state index contributed by atoms with van der Waals surface area (Å²) >= 11 is 0. The van der Waals surface area contributed by atoms with Crippen molar-refractivity contribution >= 4 is 21.7 Å². The van der Waals surface area contributed by atoms with Crippen molar-refractivity contribution in [1.29, 1.82) is 0 Å². The van der Waals surface area contributed by atoms with Gasteiger partial charge in [0.2, 0.25) is 5.91 Å². The van der Waals surface area contributed by atoms with Crippen LogP contribution in [0.3, 0.4) is 0 Å². The van der Waals surface area contributed by atoms with Crippen LogP contribution in [0.2, 0.25) is 0 Å². The van der Waals surface area contributed by atoms with Crippen LogP contribution in [0.25, 0.3) is 0 Å². The van der Waals surface area contributed by atoms with Gasteiger partial charge in [-0.1, -0.05) is 61.9 Å². The van der Waals surface area contributed by atoms with Crippen LogP contribution in [-0.2, 0) is 20.4 Å². The second-order valence-electron chi connectivity index (χ2n) is 7.78. The predicted molar refractivity (Wildman–Crippen MR) is 119 cm³/mol. The number of carbonyl (C=O) groups is 2. The van der Waals surface area contributed by atoms with Gasteiger partial charge in [0.1, 0.15) is 6.04 Å². The normalized spacial score (nSPS) is 12.4. The Kier molecular flexibility index (Phi) is 8.59. The van der Waals surface area contributed by atoms with Gasteiger partial charge in [0.05, 0.1) is 11.5 Å². The first-order chi connectivity index (χ1) is 14.2. The molecule has 30 heavy (non-hydrogen) atoms. The molecule has 0 spiro atoms. The zero-order chi connectivity index (χ0) is 22.1. The molecule has 2 aromatic rings. The molecule has 0 heterocycles. The molecule has 0 fully saturated rings. The molecule has 2 amide bonds. The molecule has 1 atom stereocenters. The van der Waals surface area contributed by atoms with Gasteiger partial charge in [0.25, 0.3) is 5.91 Å². The van der Waals surface area contributed by atoms with Crippen molar-refractivity contribution in [2.75, 3.05) is 12.3 Å². The third-order valence-corrected chi connectivity index (χ3v) is 6.39. The number of rotatable bonds is 10. The summed E-state index contributed by atoms with van der Waals surface area (Å²) in [5.74, 6) is -0.755. The van der Waals surface area contributed by atoms with Crippen molar-refractivity contribution in [3.63, 3.8) is 0 Å². The molecule has 162 valence electrons. The molecule has 1 unspecified atom stereocenters. The van der Waals surface area contributed by atoms with Crippen molar-refractivity contribution in [1.82, 2.24) is 10.6 Å². The molecule has 0 saturated heterocycles. The first kappa shape index (κ1) is 23.6. The second-order valence-corrected chi connectivity index (χ2v) is 9.97. The Balaban J connectivity index is 1.83. The molecule has 0 saturated carbocycles. The van der Waals surface area contributed by atoms with Crippen LogP contribution in [0.15, 0.2) is 54.6 Å². The minimum absolute atomic E-state index is 0.00968. The number of hydrogen-bond donors (Lipinski definition) is 2. The molecule has 0 radical (unpaired) electrons. The van der Waals surface area contributed by atoms with Crippen molar-refractivity contribution in [3.05, 3.63) is 71.3 Å². The van der Waals surface area contributed by atoms with Crippen LogP contribution in [0.1, 0.15) is 41.8 Å². The molecular weight excluding hydrogens is 400 g/mol. The van der Waals surface area contributed by atoms with Crippen LogP contribution in [-0.4, -0.2) is 38.6 Å². The van der Waals surface area contributed by atoms with Crippen molar-refractivity contribution in [3.8, 4) is 0 Å². The minimum atomic E-state index is -3.25. The van der Waals surface area contributed by atoms with Gasteiger partial charge < -0.3 is 10.6 Å². The summed E-state index contributed by atoms with van der Waals surface area (Å²) in [6.07, 6.45) is 0.317. The highest BCUT2D eigenvalue weighted by molar-refractivity contribution is 7.90. The highest BCUT2D eigenvalue weighted by atomic mass is 32.2. The fraction of sp³-hybridized carbons (Fsp3) is 0.391. The lowest BCUT2D eigenvalue weighted by Gasteiger charge is -2.22. The monoisotopic (exact) mass is 430 g/mol. The van der Waals surface area contributed by atoms with E-state index >= 15 is 0 Å². The largest absolute Gasteiger partial charge is 0.354 e. The van der Waals surface area contributed by atoms with Crippen LogP contribution in [0, 0.1) is 12.8 Å². The lowest BCUT2D eigenvalue weighted by Crippen LogP contribution is -2.50. The van der Waals surface area contributed by atoms with E-state index < -0.39 is 15.9 Å². The van der Waals surface area contributed by atoms with Crippen LogP contribution < -0.4 is 10.6 Å². The number of hydrogen-bond acceptors (Lipinski definition) is 4. The maximum atomic E-state index is 12.5. The average molecular weight is 431 g/mol. The van der Waals surface area contributed by atoms with Gasteiger partial charge in [-0.05, 0) is 37.0 Å². The van der Waals surface area contributed by atoms with E-state index in [4.69, 9.17) is 0 Å². The number of benzene rings is 2. The van der Waals surface area contributed by atoms with E-state index in [1.165, 1.54) is 0 Å². The second kappa shape index (κ2) is 10.9. The molecule has 0 aliphatic heterocycles. The molecule has 7 heteroatoms. The lowest BCUT2D eigenvalue weighted by molar-refractivity contribution is -0.123. The highest BCUT2D eigenvalue weighted by Crippen LogP contribution is 2.08. The Morgan fingerprint density at radius 3 is 2.20 bits per heavy atom. The summed E-state index contributed by atoms with van der Waals surface area (Å²) < 4.78 is 24.5. The van der Waals surface area contributed by atoms with Gasteiger partial charge in [-0.15, -0.1) is 0 Å². The fourth-order valence-corrected chi connectivity index (χ4v) is 4.41. The van der Waals surface area contributed by atoms with Crippen LogP contribution >= 0.6 is 0 Å². The summed E-state index contributed by atoms with van der Waals surface area (Å²) in [7, 11) is -3.25. The summed E-state index contributed by atoms with van der Waals surface area (Å²) in [4.78, 5) is 25.0. The Hall–Kier alpha value is -2.67.